The molecule has 0 amide bonds. The van der Waals surface area contributed by atoms with Crippen LogP contribution in [0.2, 0.25) is 0 Å². The highest BCUT2D eigenvalue weighted by molar-refractivity contribution is 4.91. The molecule has 0 saturated carbocycles. The maximum absolute atomic E-state index is 8.94. The smallest absolute Gasteiger partial charge is 0.0683 e. The van der Waals surface area contributed by atoms with Crippen molar-refractivity contribution in [3.05, 3.63) is 0 Å². The van der Waals surface area contributed by atoms with Crippen LogP contribution in [0.1, 0.15) is 46.5 Å². The van der Waals surface area contributed by atoms with Crippen LogP contribution in [-0.4, -0.2) is 37.2 Å². The van der Waals surface area contributed by atoms with Crippen LogP contribution in [0.15, 0.2) is 0 Å². The Morgan fingerprint density at radius 2 is 2.00 bits per heavy atom. The summed E-state index contributed by atoms with van der Waals surface area (Å²) in [5.41, 5.74) is -0.163. The van der Waals surface area contributed by atoms with Crippen LogP contribution in [0.3, 0.4) is 0 Å². The number of ether oxygens (including phenoxy) is 1. The van der Waals surface area contributed by atoms with E-state index in [0.717, 1.165) is 51.9 Å². The fourth-order valence-electron chi connectivity index (χ4n) is 2.34. The lowest BCUT2D eigenvalue weighted by Gasteiger charge is -2.32. The molecule has 1 saturated heterocycles. The molecule has 1 aliphatic heterocycles. The third-order valence-corrected chi connectivity index (χ3v) is 3.52. The average molecular weight is 238 g/mol. The van der Waals surface area contributed by atoms with Crippen molar-refractivity contribution in [1.82, 2.24) is 4.90 Å². The van der Waals surface area contributed by atoms with Gasteiger partial charge in [-0.25, -0.2) is 0 Å². The normalized spacial score (nSPS) is 19.2. The van der Waals surface area contributed by atoms with Gasteiger partial charge in [0.05, 0.1) is 17.6 Å². The minimum absolute atomic E-state index is 0.163. The standard InChI is InChI=1S/C14H26N2O/c1-4-17-13-6-10-16(11-7-13)9-5-8-14(2,3)12-15/h13H,4-11H2,1-3H3. The van der Waals surface area contributed by atoms with E-state index in [1.165, 1.54) is 0 Å². The minimum atomic E-state index is -0.163. The Labute approximate surface area is 106 Å². The molecule has 3 nitrogen and oxygen atoms in total. The zero-order valence-corrected chi connectivity index (χ0v) is 11.5. The van der Waals surface area contributed by atoms with Crippen LogP contribution in [-0.2, 0) is 4.74 Å². The largest absolute Gasteiger partial charge is 0.378 e. The number of hydrogen-bond acceptors (Lipinski definition) is 3. The summed E-state index contributed by atoms with van der Waals surface area (Å²) in [7, 11) is 0. The van der Waals surface area contributed by atoms with Gasteiger partial charge >= 0.3 is 0 Å². The molecule has 1 heterocycles. The molecule has 0 aromatic carbocycles. The summed E-state index contributed by atoms with van der Waals surface area (Å²) in [6, 6.07) is 2.36. The maximum atomic E-state index is 8.94. The second-order valence-electron chi connectivity index (χ2n) is 5.60. The first-order valence-corrected chi connectivity index (χ1v) is 6.82. The highest BCUT2D eigenvalue weighted by Crippen LogP contribution is 2.21. The Balaban J connectivity index is 2.13. The van der Waals surface area contributed by atoms with Crippen LogP contribution >= 0.6 is 0 Å². The van der Waals surface area contributed by atoms with Gasteiger partial charge in [-0.2, -0.15) is 5.26 Å². The molecular weight excluding hydrogens is 212 g/mol. The highest BCUT2D eigenvalue weighted by Gasteiger charge is 2.20. The number of nitrogens with zero attached hydrogens (tertiary/aromatic N) is 2. The summed E-state index contributed by atoms with van der Waals surface area (Å²) in [5, 5.41) is 8.94. The monoisotopic (exact) mass is 238 g/mol. The van der Waals surface area contributed by atoms with Crippen molar-refractivity contribution in [3.8, 4) is 6.07 Å². The van der Waals surface area contributed by atoms with Crippen molar-refractivity contribution in [2.75, 3.05) is 26.2 Å². The van der Waals surface area contributed by atoms with Gasteiger partial charge in [0, 0.05) is 19.7 Å². The molecule has 0 radical (unpaired) electrons. The molecule has 0 N–H and O–H groups in total. The van der Waals surface area contributed by atoms with Crippen LogP contribution in [0, 0.1) is 16.7 Å². The van der Waals surface area contributed by atoms with Crippen LogP contribution < -0.4 is 0 Å². The molecule has 1 rings (SSSR count). The Morgan fingerprint density at radius 3 is 2.53 bits per heavy atom. The molecule has 1 aliphatic rings. The lowest BCUT2D eigenvalue weighted by molar-refractivity contribution is 0.0137. The Hall–Kier alpha value is -0.590. The van der Waals surface area contributed by atoms with Gasteiger partial charge in [-0.15, -0.1) is 0 Å². The topological polar surface area (TPSA) is 36.3 Å². The zero-order chi connectivity index (χ0) is 12.7. The van der Waals surface area contributed by atoms with Crippen molar-refractivity contribution in [1.29, 1.82) is 5.26 Å². The fourth-order valence-corrected chi connectivity index (χ4v) is 2.34. The molecule has 17 heavy (non-hydrogen) atoms. The quantitative estimate of drug-likeness (QED) is 0.714. The number of piperidine rings is 1. The first-order valence-electron chi connectivity index (χ1n) is 6.82. The van der Waals surface area contributed by atoms with Gasteiger partial charge in [0.15, 0.2) is 0 Å². The van der Waals surface area contributed by atoms with Crippen LogP contribution in [0.5, 0.6) is 0 Å². The lowest BCUT2D eigenvalue weighted by Crippen LogP contribution is -2.37. The third kappa shape index (κ3) is 5.52. The van der Waals surface area contributed by atoms with E-state index < -0.39 is 0 Å². The van der Waals surface area contributed by atoms with Gasteiger partial charge in [0.25, 0.3) is 0 Å². The van der Waals surface area contributed by atoms with E-state index in [4.69, 9.17) is 10.00 Å². The molecule has 98 valence electrons. The van der Waals surface area contributed by atoms with Crippen LogP contribution in [0.25, 0.3) is 0 Å². The summed E-state index contributed by atoms with van der Waals surface area (Å²) >= 11 is 0. The lowest BCUT2D eigenvalue weighted by atomic mass is 9.89. The van der Waals surface area contributed by atoms with E-state index in [1.54, 1.807) is 0 Å². The van der Waals surface area contributed by atoms with Crippen molar-refractivity contribution >= 4 is 0 Å². The van der Waals surface area contributed by atoms with Gasteiger partial charge in [-0.3, -0.25) is 0 Å². The second-order valence-corrected chi connectivity index (χ2v) is 5.60. The van der Waals surface area contributed by atoms with E-state index >= 15 is 0 Å². The molecule has 0 atom stereocenters. The Morgan fingerprint density at radius 1 is 1.35 bits per heavy atom. The summed E-state index contributed by atoms with van der Waals surface area (Å²) < 4.78 is 5.64. The van der Waals surface area contributed by atoms with E-state index in [2.05, 4.69) is 17.9 Å². The van der Waals surface area contributed by atoms with Crippen molar-refractivity contribution in [2.24, 2.45) is 5.41 Å². The number of hydrogen-bond donors (Lipinski definition) is 0. The average Bonchev–Trinajstić information content (AvgIpc) is 2.32. The van der Waals surface area contributed by atoms with Gasteiger partial charge in [-0.05, 0) is 53.0 Å². The predicted molar refractivity (Wildman–Crippen MR) is 69.7 cm³/mol. The van der Waals surface area contributed by atoms with Crippen LogP contribution in [0.4, 0.5) is 0 Å². The Bertz CT molecular complexity index is 249. The summed E-state index contributed by atoms with van der Waals surface area (Å²) in [6.07, 6.45) is 4.92. The van der Waals surface area contributed by atoms with E-state index in [0.29, 0.717) is 6.10 Å². The van der Waals surface area contributed by atoms with Crippen molar-refractivity contribution in [3.63, 3.8) is 0 Å². The van der Waals surface area contributed by atoms with E-state index in [9.17, 15) is 0 Å². The molecule has 0 aromatic rings. The van der Waals surface area contributed by atoms with Gasteiger partial charge in [-0.1, -0.05) is 0 Å². The molecular formula is C14H26N2O. The molecule has 0 spiro atoms. The first kappa shape index (κ1) is 14.5. The molecule has 0 unspecified atom stereocenters. The third-order valence-electron chi connectivity index (χ3n) is 3.52. The van der Waals surface area contributed by atoms with E-state index in [1.807, 2.05) is 13.8 Å². The van der Waals surface area contributed by atoms with E-state index in [-0.39, 0.29) is 5.41 Å². The maximum Gasteiger partial charge on any atom is 0.0683 e. The number of likely N-dealkylation sites (tertiary alicyclic amines) is 1. The molecule has 0 bridgehead atoms. The van der Waals surface area contributed by atoms with Gasteiger partial charge < -0.3 is 9.64 Å². The fraction of sp³-hybridized carbons (Fsp3) is 0.929. The molecule has 0 aliphatic carbocycles. The number of rotatable bonds is 6. The molecule has 1 fully saturated rings. The SMILES string of the molecule is CCOC1CCN(CCCC(C)(C)C#N)CC1. The molecule has 3 heteroatoms. The Kier molecular flexibility index (Phi) is 5.94. The summed E-state index contributed by atoms with van der Waals surface area (Å²) in [6.45, 7) is 10.4. The minimum Gasteiger partial charge on any atom is -0.378 e. The highest BCUT2D eigenvalue weighted by atomic mass is 16.5. The van der Waals surface area contributed by atoms with Gasteiger partial charge in [0.1, 0.15) is 0 Å². The summed E-state index contributed by atoms with van der Waals surface area (Å²) in [4.78, 5) is 2.50. The summed E-state index contributed by atoms with van der Waals surface area (Å²) in [5.74, 6) is 0. The zero-order valence-electron chi connectivity index (χ0n) is 11.5. The molecule has 0 aromatic heterocycles. The van der Waals surface area contributed by atoms with Crippen molar-refractivity contribution < 1.29 is 4.74 Å². The first-order chi connectivity index (χ1) is 8.07. The van der Waals surface area contributed by atoms with Gasteiger partial charge in [0.2, 0.25) is 0 Å². The predicted octanol–water partition coefficient (Wildman–Crippen LogP) is 2.82. The number of nitriles is 1. The second kappa shape index (κ2) is 6.98. The van der Waals surface area contributed by atoms with Crippen molar-refractivity contribution in [2.45, 2.75) is 52.6 Å².